The van der Waals surface area contributed by atoms with Gasteiger partial charge in [0.25, 0.3) is 0 Å². The van der Waals surface area contributed by atoms with Gasteiger partial charge < -0.3 is 9.84 Å². The van der Waals surface area contributed by atoms with Crippen molar-refractivity contribution in [3.63, 3.8) is 0 Å². The second kappa shape index (κ2) is 5.87. The van der Waals surface area contributed by atoms with Gasteiger partial charge in [-0.2, -0.15) is 0 Å². The van der Waals surface area contributed by atoms with Crippen LogP contribution in [-0.4, -0.2) is 5.11 Å². The highest BCUT2D eigenvalue weighted by Crippen LogP contribution is 2.32. The summed E-state index contributed by atoms with van der Waals surface area (Å²) in [5.41, 5.74) is 1.93. The van der Waals surface area contributed by atoms with Crippen molar-refractivity contribution in [2.24, 2.45) is 0 Å². The summed E-state index contributed by atoms with van der Waals surface area (Å²) >= 11 is 6.86. The minimum atomic E-state index is 0.0497. The van der Waals surface area contributed by atoms with Gasteiger partial charge >= 0.3 is 0 Å². The van der Waals surface area contributed by atoms with E-state index in [1.54, 1.807) is 0 Å². The first kappa shape index (κ1) is 13.6. The second-order valence-corrected chi connectivity index (χ2v) is 5.69. The molecule has 18 heavy (non-hydrogen) atoms. The summed E-state index contributed by atoms with van der Waals surface area (Å²) < 4.78 is 7.68. The molecule has 0 atom stereocenters. The zero-order valence-corrected chi connectivity index (χ0v) is 13.0. The number of aliphatic hydroxyl groups is 1. The van der Waals surface area contributed by atoms with Gasteiger partial charge in [0.2, 0.25) is 0 Å². The van der Waals surface area contributed by atoms with Crippen LogP contribution >= 0.6 is 31.9 Å². The van der Waals surface area contributed by atoms with Gasteiger partial charge in [-0.25, -0.2) is 0 Å². The van der Waals surface area contributed by atoms with Crippen LogP contribution in [0.4, 0.5) is 0 Å². The smallest absolute Gasteiger partial charge is 0.141 e. The van der Waals surface area contributed by atoms with Crippen molar-refractivity contribution in [2.75, 3.05) is 0 Å². The lowest BCUT2D eigenvalue weighted by Crippen LogP contribution is -1.91. The third kappa shape index (κ3) is 3.13. The van der Waals surface area contributed by atoms with Crippen molar-refractivity contribution < 1.29 is 9.84 Å². The van der Waals surface area contributed by atoms with E-state index in [9.17, 15) is 0 Å². The summed E-state index contributed by atoms with van der Waals surface area (Å²) in [6, 6.07) is 11.4. The van der Waals surface area contributed by atoms with E-state index in [-0.39, 0.29) is 6.61 Å². The molecular weight excluding hydrogens is 360 g/mol. The zero-order valence-electron chi connectivity index (χ0n) is 9.78. The Balaban J connectivity index is 2.26. The Hall–Kier alpha value is -0.840. The molecule has 0 saturated carbocycles. The van der Waals surface area contributed by atoms with Gasteiger partial charge in [-0.3, -0.25) is 0 Å². The van der Waals surface area contributed by atoms with Crippen molar-refractivity contribution in [3.05, 3.63) is 56.5 Å². The van der Waals surface area contributed by atoms with Gasteiger partial charge in [0.05, 0.1) is 11.1 Å². The molecule has 0 radical (unpaired) electrons. The van der Waals surface area contributed by atoms with Gasteiger partial charge in [-0.1, -0.05) is 22.0 Å². The maximum absolute atomic E-state index is 9.12. The van der Waals surface area contributed by atoms with Crippen molar-refractivity contribution in [1.29, 1.82) is 0 Å². The molecule has 0 aromatic heterocycles. The number of aliphatic hydroxyl groups excluding tert-OH is 1. The Kier molecular flexibility index (Phi) is 4.43. The van der Waals surface area contributed by atoms with E-state index in [0.717, 1.165) is 31.6 Å². The van der Waals surface area contributed by atoms with Gasteiger partial charge in [0, 0.05) is 4.47 Å². The fraction of sp³-hybridized carbons (Fsp3) is 0.143. The molecule has 0 amide bonds. The summed E-state index contributed by atoms with van der Waals surface area (Å²) in [6.45, 7) is 2.00. The number of ether oxygens (including phenoxy) is 1. The first-order valence-electron chi connectivity index (χ1n) is 5.43. The van der Waals surface area contributed by atoms with E-state index in [1.807, 2.05) is 43.3 Å². The average Bonchev–Trinajstić information content (AvgIpc) is 2.33. The Bertz CT molecular complexity index is 568. The highest BCUT2D eigenvalue weighted by Gasteiger charge is 2.05. The normalized spacial score (nSPS) is 10.4. The zero-order chi connectivity index (χ0) is 13.1. The Labute approximate surface area is 123 Å². The quantitative estimate of drug-likeness (QED) is 0.839. The fourth-order valence-corrected chi connectivity index (χ4v) is 2.72. The third-order valence-corrected chi connectivity index (χ3v) is 3.72. The van der Waals surface area contributed by atoms with Crippen molar-refractivity contribution in [1.82, 2.24) is 0 Å². The lowest BCUT2D eigenvalue weighted by atomic mass is 10.1. The highest BCUT2D eigenvalue weighted by atomic mass is 79.9. The van der Waals surface area contributed by atoms with Gasteiger partial charge in [-0.05, 0) is 64.3 Å². The van der Waals surface area contributed by atoms with Crippen LogP contribution in [0, 0.1) is 6.92 Å². The van der Waals surface area contributed by atoms with Gasteiger partial charge in [-0.15, -0.1) is 0 Å². The molecule has 0 aliphatic carbocycles. The molecule has 2 nitrogen and oxygen atoms in total. The molecule has 0 spiro atoms. The minimum Gasteiger partial charge on any atom is -0.456 e. The predicted octanol–water partition coefficient (Wildman–Crippen LogP) is 4.80. The third-order valence-electron chi connectivity index (χ3n) is 2.61. The van der Waals surface area contributed by atoms with Crippen LogP contribution in [0.15, 0.2) is 45.3 Å². The highest BCUT2D eigenvalue weighted by molar-refractivity contribution is 9.11. The monoisotopic (exact) mass is 370 g/mol. The predicted molar refractivity (Wildman–Crippen MR) is 79.0 cm³/mol. The lowest BCUT2D eigenvalue weighted by Gasteiger charge is -2.10. The van der Waals surface area contributed by atoms with Gasteiger partial charge in [0.1, 0.15) is 11.5 Å². The van der Waals surface area contributed by atoms with Crippen LogP contribution in [0.3, 0.4) is 0 Å². The summed E-state index contributed by atoms with van der Waals surface area (Å²) in [5, 5.41) is 9.12. The van der Waals surface area contributed by atoms with Crippen LogP contribution in [0.5, 0.6) is 11.5 Å². The van der Waals surface area contributed by atoms with E-state index in [0.29, 0.717) is 0 Å². The molecule has 4 heteroatoms. The minimum absolute atomic E-state index is 0.0497. The summed E-state index contributed by atoms with van der Waals surface area (Å²) in [7, 11) is 0. The second-order valence-electron chi connectivity index (χ2n) is 3.92. The van der Waals surface area contributed by atoms with E-state index in [4.69, 9.17) is 9.84 Å². The molecular formula is C14H12Br2O2. The topological polar surface area (TPSA) is 29.5 Å². The molecule has 0 aliphatic heterocycles. The molecule has 0 unspecified atom stereocenters. The largest absolute Gasteiger partial charge is 0.456 e. The summed E-state index contributed by atoms with van der Waals surface area (Å²) in [4.78, 5) is 0. The number of hydrogen-bond donors (Lipinski definition) is 1. The van der Waals surface area contributed by atoms with Gasteiger partial charge in [0.15, 0.2) is 0 Å². The molecule has 0 fully saturated rings. The van der Waals surface area contributed by atoms with Crippen molar-refractivity contribution in [3.8, 4) is 11.5 Å². The number of benzene rings is 2. The van der Waals surface area contributed by atoms with Crippen LogP contribution in [0.1, 0.15) is 11.1 Å². The Morgan fingerprint density at radius 3 is 2.50 bits per heavy atom. The number of aryl methyl sites for hydroxylation is 1. The maximum atomic E-state index is 9.12. The van der Waals surface area contributed by atoms with Crippen molar-refractivity contribution >= 4 is 31.9 Å². The van der Waals surface area contributed by atoms with E-state index in [1.165, 1.54) is 0 Å². The SMILES string of the molecule is Cc1cc(Oc2ccc(Br)cc2Br)ccc1CO. The average molecular weight is 372 g/mol. The van der Waals surface area contributed by atoms with E-state index in [2.05, 4.69) is 31.9 Å². The molecule has 0 bridgehead atoms. The van der Waals surface area contributed by atoms with E-state index < -0.39 is 0 Å². The molecule has 0 saturated heterocycles. The van der Waals surface area contributed by atoms with Crippen LogP contribution in [0.2, 0.25) is 0 Å². The standard InChI is InChI=1S/C14H12Br2O2/c1-9-6-12(4-2-10(9)8-17)18-14-5-3-11(15)7-13(14)16/h2-7,17H,8H2,1H3. The summed E-state index contributed by atoms with van der Waals surface area (Å²) in [5.74, 6) is 1.52. The van der Waals surface area contributed by atoms with Crippen LogP contribution < -0.4 is 4.74 Å². The number of hydrogen-bond acceptors (Lipinski definition) is 2. The number of rotatable bonds is 3. The molecule has 94 valence electrons. The number of halogens is 2. The molecule has 0 aliphatic rings. The molecule has 1 N–H and O–H groups in total. The Morgan fingerprint density at radius 1 is 1.11 bits per heavy atom. The molecule has 2 aromatic rings. The first-order chi connectivity index (χ1) is 8.60. The first-order valence-corrected chi connectivity index (χ1v) is 7.02. The van der Waals surface area contributed by atoms with E-state index >= 15 is 0 Å². The maximum Gasteiger partial charge on any atom is 0.141 e. The van der Waals surface area contributed by atoms with Crippen molar-refractivity contribution in [2.45, 2.75) is 13.5 Å². The molecule has 2 rings (SSSR count). The fourth-order valence-electron chi connectivity index (χ4n) is 1.59. The van der Waals surface area contributed by atoms with Crippen LogP contribution in [0.25, 0.3) is 0 Å². The summed E-state index contributed by atoms with van der Waals surface area (Å²) in [6.07, 6.45) is 0. The molecule has 2 aromatic carbocycles. The Morgan fingerprint density at radius 2 is 1.89 bits per heavy atom. The molecule has 0 heterocycles. The lowest BCUT2D eigenvalue weighted by molar-refractivity contribution is 0.281. The van der Waals surface area contributed by atoms with Crippen LogP contribution in [-0.2, 0) is 6.61 Å².